The van der Waals surface area contributed by atoms with E-state index in [1.807, 2.05) is 13.0 Å². The van der Waals surface area contributed by atoms with E-state index in [1.165, 1.54) is 5.56 Å². The Labute approximate surface area is 151 Å². The lowest BCUT2D eigenvalue weighted by molar-refractivity contribution is 0.1000. The van der Waals surface area contributed by atoms with Crippen molar-refractivity contribution in [2.75, 3.05) is 0 Å². The summed E-state index contributed by atoms with van der Waals surface area (Å²) in [4.78, 5) is 12.2. The maximum Gasteiger partial charge on any atom is 0.251 e. The molecule has 134 valence electrons. The smallest absolute Gasteiger partial charge is 0.251 e. The summed E-state index contributed by atoms with van der Waals surface area (Å²) in [7, 11) is 0. The number of hydrogen-bond acceptors (Lipinski definition) is 1. The molecule has 2 N–H and O–H groups in total. The highest BCUT2D eigenvalue weighted by atomic mass is 16.1. The molecule has 0 unspecified atom stereocenters. The van der Waals surface area contributed by atoms with Gasteiger partial charge in [0, 0.05) is 23.5 Å². The number of nitrogens with zero attached hydrogens (tertiary/aromatic N) is 1. The second-order valence-corrected chi connectivity index (χ2v) is 7.62. The van der Waals surface area contributed by atoms with Crippen molar-refractivity contribution in [3.05, 3.63) is 59.4 Å². The van der Waals surface area contributed by atoms with Gasteiger partial charge in [0.15, 0.2) is 0 Å². The van der Waals surface area contributed by atoms with Crippen molar-refractivity contribution in [1.82, 2.24) is 4.57 Å². The van der Waals surface area contributed by atoms with E-state index in [9.17, 15) is 4.79 Å². The van der Waals surface area contributed by atoms with E-state index < -0.39 is 0 Å². The van der Waals surface area contributed by atoms with Gasteiger partial charge in [0.1, 0.15) is 0 Å². The van der Waals surface area contributed by atoms with Crippen molar-refractivity contribution >= 4 is 5.91 Å². The second kappa shape index (κ2) is 7.30. The van der Waals surface area contributed by atoms with Crippen LogP contribution >= 0.6 is 0 Å². The number of primary amides is 1. The van der Waals surface area contributed by atoms with Crippen LogP contribution in [0.1, 0.15) is 61.4 Å². The Bertz CT molecular complexity index is 774. The Balaban J connectivity index is 2.71. The van der Waals surface area contributed by atoms with Gasteiger partial charge in [-0.15, -0.1) is 6.58 Å². The Kier molecular flexibility index (Phi) is 5.56. The minimum absolute atomic E-state index is 0.0992. The van der Waals surface area contributed by atoms with Crippen LogP contribution in [0.25, 0.3) is 11.1 Å². The van der Waals surface area contributed by atoms with Crippen LogP contribution in [0.3, 0.4) is 0 Å². The molecule has 25 heavy (non-hydrogen) atoms. The van der Waals surface area contributed by atoms with Crippen molar-refractivity contribution in [3.63, 3.8) is 0 Å². The Morgan fingerprint density at radius 3 is 2.28 bits per heavy atom. The first kappa shape index (κ1) is 19.0. The van der Waals surface area contributed by atoms with Gasteiger partial charge < -0.3 is 10.3 Å². The number of rotatable bonds is 6. The Morgan fingerprint density at radius 1 is 1.24 bits per heavy atom. The van der Waals surface area contributed by atoms with Crippen LogP contribution < -0.4 is 5.73 Å². The van der Waals surface area contributed by atoms with Gasteiger partial charge in [0.2, 0.25) is 0 Å². The minimum atomic E-state index is -0.368. The molecule has 0 bridgehead atoms. The third-order valence-corrected chi connectivity index (χ3v) is 4.72. The Hall–Kier alpha value is -2.29. The van der Waals surface area contributed by atoms with Gasteiger partial charge in [-0.05, 0) is 29.9 Å². The molecule has 0 saturated carbocycles. The molecule has 0 saturated heterocycles. The summed E-state index contributed by atoms with van der Waals surface area (Å²) in [6.45, 7) is 15.3. The van der Waals surface area contributed by atoms with Gasteiger partial charge in [0.25, 0.3) is 5.91 Å². The third kappa shape index (κ3) is 3.71. The quantitative estimate of drug-likeness (QED) is 0.740. The summed E-state index contributed by atoms with van der Waals surface area (Å²) in [5.74, 6) is -0.368. The standard InChI is InChI=1S/C22H30N2O/c1-7-9-18-20(16-10-12-17(13-11-16)22(4,5)6)19(21(23)25)15(3)24(18)14-8-2/h8,10-13H,2,7,9,14H2,1,3-6H3,(H2,23,25). The zero-order valence-corrected chi connectivity index (χ0v) is 16.1. The number of hydrogen-bond donors (Lipinski definition) is 1. The molecule has 2 aromatic rings. The molecule has 0 aliphatic rings. The van der Waals surface area contributed by atoms with E-state index in [4.69, 9.17) is 5.73 Å². The monoisotopic (exact) mass is 338 g/mol. The number of aromatic nitrogens is 1. The molecule has 1 amide bonds. The maximum atomic E-state index is 12.2. The lowest BCUT2D eigenvalue weighted by Crippen LogP contribution is -2.13. The van der Waals surface area contributed by atoms with Crippen molar-refractivity contribution in [2.45, 2.75) is 59.4 Å². The molecule has 1 aromatic heterocycles. The molecule has 0 radical (unpaired) electrons. The normalized spacial score (nSPS) is 11.6. The molecule has 0 atom stereocenters. The highest BCUT2D eigenvalue weighted by Crippen LogP contribution is 2.35. The van der Waals surface area contributed by atoms with Crippen LogP contribution in [0.15, 0.2) is 36.9 Å². The fourth-order valence-electron chi connectivity index (χ4n) is 3.42. The van der Waals surface area contributed by atoms with E-state index in [2.05, 4.69) is 63.1 Å². The zero-order chi connectivity index (χ0) is 18.8. The molecule has 1 heterocycles. The molecule has 0 aliphatic heterocycles. The van der Waals surface area contributed by atoms with Crippen LogP contribution in [-0.4, -0.2) is 10.5 Å². The first-order valence-corrected chi connectivity index (χ1v) is 8.95. The summed E-state index contributed by atoms with van der Waals surface area (Å²) < 4.78 is 2.17. The van der Waals surface area contributed by atoms with Gasteiger partial charge >= 0.3 is 0 Å². The predicted molar refractivity (Wildman–Crippen MR) is 106 cm³/mol. The highest BCUT2D eigenvalue weighted by Gasteiger charge is 2.24. The number of carbonyl (C=O) groups is 1. The van der Waals surface area contributed by atoms with Crippen LogP contribution in [-0.2, 0) is 18.4 Å². The zero-order valence-electron chi connectivity index (χ0n) is 16.1. The van der Waals surface area contributed by atoms with Crippen molar-refractivity contribution in [3.8, 4) is 11.1 Å². The third-order valence-electron chi connectivity index (χ3n) is 4.72. The molecule has 0 spiro atoms. The van der Waals surface area contributed by atoms with Gasteiger partial charge in [-0.3, -0.25) is 4.79 Å². The van der Waals surface area contributed by atoms with Crippen LogP contribution in [0.4, 0.5) is 0 Å². The summed E-state index contributed by atoms with van der Waals surface area (Å²) in [6.07, 6.45) is 3.77. The highest BCUT2D eigenvalue weighted by molar-refractivity contribution is 6.02. The van der Waals surface area contributed by atoms with Crippen LogP contribution in [0, 0.1) is 6.92 Å². The van der Waals surface area contributed by atoms with E-state index in [-0.39, 0.29) is 11.3 Å². The van der Waals surface area contributed by atoms with E-state index in [1.54, 1.807) is 0 Å². The molecule has 1 aromatic carbocycles. The average Bonchev–Trinajstić information content (AvgIpc) is 2.81. The number of allylic oxidation sites excluding steroid dienone is 1. The van der Waals surface area contributed by atoms with Crippen LogP contribution in [0.2, 0.25) is 0 Å². The van der Waals surface area contributed by atoms with Crippen molar-refractivity contribution < 1.29 is 4.79 Å². The van der Waals surface area contributed by atoms with Gasteiger partial charge in [-0.1, -0.05) is 64.5 Å². The summed E-state index contributed by atoms with van der Waals surface area (Å²) >= 11 is 0. The SMILES string of the molecule is C=CCn1c(C)c(C(N)=O)c(-c2ccc(C(C)(C)C)cc2)c1CCC. The number of benzene rings is 1. The topological polar surface area (TPSA) is 48.0 Å². The first-order chi connectivity index (χ1) is 11.7. The summed E-state index contributed by atoms with van der Waals surface area (Å²) in [5, 5.41) is 0. The molecule has 3 heteroatoms. The number of nitrogens with two attached hydrogens (primary N) is 1. The second-order valence-electron chi connectivity index (χ2n) is 7.62. The van der Waals surface area contributed by atoms with Gasteiger partial charge in [-0.2, -0.15) is 0 Å². The lowest BCUT2D eigenvalue weighted by Gasteiger charge is -2.19. The fourth-order valence-corrected chi connectivity index (χ4v) is 3.42. The molecule has 0 aliphatic carbocycles. The number of amides is 1. The molecule has 0 fully saturated rings. The average molecular weight is 338 g/mol. The Morgan fingerprint density at radius 2 is 1.84 bits per heavy atom. The lowest BCUT2D eigenvalue weighted by atomic mass is 9.86. The molecule has 2 rings (SSSR count). The van der Waals surface area contributed by atoms with Crippen molar-refractivity contribution in [1.29, 1.82) is 0 Å². The molecule has 3 nitrogen and oxygen atoms in total. The first-order valence-electron chi connectivity index (χ1n) is 8.95. The van der Waals surface area contributed by atoms with Crippen LogP contribution in [0.5, 0.6) is 0 Å². The van der Waals surface area contributed by atoms with Gasteiger partial charge in [-0.25, -0.2) is 0 Å². The van der Waals surface area contributed by atoms with Crippen molar-refractivity contribution in [2.24, 2.45) is 5.73 Å². The molecular formula is C22H30N2O. The fraction of sp³-hybridized carbons (Fsp3) is 0.409. The minimum Gasteiger partial charge on any atom is -0.366 e. The predicted octanol–water partition coefficient (Wildman–Crippen LogP) is 5.00. The summed E-state index contributed by atoms with van der Waals surface area (Å²) in [5.41, 5.74) is 11.9. The van der Waals surface area contributed by atoms with E-state index in [0.29, 0.717) is 12.1 Å². The van der Waals surface area contributed by atoms with E-state index in [0.717, 1.165) is 35.4 Å². The van der Waals surface area contributed by atoms with Gasteiger partial charge in [0.05, 0.1) is 5.56 Å². The van der Waals surface area contributed by atoms with E-state index >= 15 is 0 Å². The summed E-state index contributed by atoms with van der Waals surface area (Å²) in [6, 6.07) is 8.52. The molecular weight excluding hydrogens is 308 g/mol. The number of carbonyl (C=O) groups excluding carboxylic acids is 1. The largest absolute Gasteiger partial charge is 0.366 e. The maximum absolute atomic E-state index is 12.2.